The van der Waals surface area contributed by atoms with Gasteiger partial charge in [-0.15, -0.1) is 0 Å². The number of guanidine groups is 1. The zero-order chi connectivity index (χ0) is 16.8. The maximum absolute atomic E-state index is 11.3. The van der Waals surface area contributed by atoms with E-state index in [1.807, 2.05) is 18.7 Å². The number of nitrogens with one attached hydrogen (secondary N) is 2. The van der Waals surface area contributed by atoms with Crippen molar-refractivity contribution < 1.29 is 9.32 Å². The van der Waals surface area contributed by atoms with Crippen molar-refractivity contribution in [2.75, 3.05) is 26.7 Å². The van der Waals surface area contributed by atoms with Gasteiger partial charge in [0.2, 0.25) is 5.91 Å². The van der Waals surface area contributed by atoms with Gasteiger partial charge in [-0.3, -0.25) is 9.79 Å². The maximum Gasteiger partial charge on any atom is 0.219 e. The second kappa shape index (κ2) is 7.99. The van der Waals surface area contributed by atoms with Crippen LogP contribution < -0.4 is 10.6 Å². The zero-order valence-corrected chi connectivity index (χ0v) is 14.5. The number of amides is 1. The lowest BCUT2D eigenvalue weighted by molar-refractivity contribution is -0.130. The van der Waals surface area contributed by atoms with Gasteiger partial charge in [-0.1, -0.05) is 5.16 Å². The lowest BCUT2D eigenvalue weighted by Gasteiger charge is -2.31. The highest BCUT2D eigenvalue weighted by atomic mass is 16.5. The number of likely N-dealkylation sites (tertiary alicyclic amines) is 1. The number of aromatic nitrogens is 1. The molecule has 0 aliphatic carbocycles. The summed E-state index contributed by atoms with van der Waals surface area (Å²) in [4.78, 5) is 17.5. The molecule has 1 aliphatic rings. The molecule has 0 spiro atoms. The molecule has 7 heteroatoms. The predicted octanol–water partition coefficient (Wildman–Crippen LogP) is 1.21. The van der Waals surface area contributed by atoms with Crippen molar-refractivity contribution in [2.45, 2.75) is 40.2 Å². The van der Waals surface area contributed by atoms with Crippen LogP contribution in [-0.4, -0.2) is 48.6 Å². The summed E-state index contributed by atoms with van der Waals surface area (Å²) in [5.74, 6) is 2.36. The molecule has 2 rings (SSSR count). The van der Waals surface area contributed by atoms with Crippen LogP contribution in [0.25, 0.3) is 0 Å². The summed E-state index contributed by atoms with van der Waals surface area (Å²) < 4.78 is 5.16. The van der Waals surface area contributed by atoms with E-state index in [-0.39, 0.29) is 5.91 Å². The number of carbonyl (C=O) groups excluding carboxylic acids is 1. The minimum Gasteiger partial charge on any atom is -0.361 e. The molecule has 2 N–H and O–H groups in total. The van der Waals surface area contributed by atoms with Gasteiger partial charge in [0, 0.05) is 45.7 Å². The Bertz CT molecular complexity index is 539. The molecule has 1 aromatic rings. The van der Waals surface area contributed by atoms with E-state index in [1.54, 1.807) is 14.0 Å². The minimum absolute atomic E-state index is 0.174. The number of hydrogen-bond donors (Lipinski definition) is 2. The first-order valence-electron chi connectivity index (χ1n) is 8.13. The van der Waals surface area contributed by atoms with Gasteiger partial charge < -0.3 is 20.1 Å². The highest BCUT2D eigenvalue weighted by molar-refractivity contribution is 5.79. The summed E-state index contributed by atoms with van der Waals surface area (Å²) in [6.07, 6.45) is 2.07. The van der Waals surface area contributed by atoms with Gasteiger partial charge in [0.25, 0.3) is 0 Å². The van der Waals surface area contributed by atoms with E-state index in [4.69, 9.17) is 4.52 Å². The average molecular weight is 321 g/mol. The molecular weight excluding hydrogens is 294 g/mol. The molecule has 23 heavy (non-hydrogen) atoms. The van der Waals surface area contributed by atoms with Crippen LogP contribution in [0.15, 0.2) is 9.52 Å². The summed E-state index contributed by atoms with van der Waals surface area (Å²) in [5, 5.41) is 10.6. The monoisotopic (exact) mass is 321 g/mol. The number of hydrogen-bond acceptors (Lipinski definition) is 4. The third-order valence-electron chi connectivity index (χ3n) is 4.46. The Labute approximate surface area is 137 Å². The molecule has 128 valence electrons. The minimum atomic E-state index is 0.174. The number of aryl methyl sites for hydroxylation is 2. The largest absolute Gasteiger partial charge is 0.361 e. The van der Waals surface area contributed by atoms with Gasteiger partial charge in [0.05, 0.1) is 5.69 Å². The molecule has 1 aliphatic heterocycles. The second-order valence-electron chi connectivity index (χ2n) is 6.06. The van der Waals surface area contributed by atoms with Gasteiger partial charge in [-0.25, -0.2) is 0 Å². The van der Waals surface area contributed by atoms with E-state index >= 15 is 0 Å². The number of piperidine rings is 1. The first-order chi connectivity index (χ1) is 11.0. The zero-order valence-electron chi connectivity index (χ0n) is 14.5. The van der Waals surface area contributed by atoms with Crippen LogP contribution in [0.1, 0.15) is 36.8 Å². The Hall–Kier alpha value is -2.05. The van der Waals surface area contributed by atoms with Crippen LogP contribution in [-0.2, 0) is 11.3 Å². The Kier molecular flexibility index (Phi) is 6.01. The fourth-order valence-electron chi connectivity index (χ4n) is 2.84. The van der Waals surface area contributed by atoms with Crippen molar-refractivity contribution >= 4 is 11.9 Å². The molecule has 0 saturated carbocycles. The van der Waals surface area contributed by atoms with Crippen molar-refractivity contribution in [1.29, 1.82) is 0 Å². The predicted molar refractivity (Wildman–Crippen MR) is 89.2 cm³/mol. The number of aliphatic imine (C=N–C) groups is 1. The van der Waals surface area contributed by atoms with Crippen molar-refractivity contribution in [2.24, 2.45) is 10.9 Å². The van der Waals surface area contributed by atoms with Gasteiger partial charge >= 0.3 is 0 Å². The van der Waals surface area contributed by atoms with Crippen LogP contribution in [0.2, 0.25) is 0 Å². The summed E-state index contributed by atoms with van der Waals surface area (Å²) in [6, 6.07) is 0. The molecule has 2 heterocycles. The lowest BCUT2D eigenvalue weighted by atomic mass is 9.97. The quantitative estimate of drug-likeness (QED) is 0.643. The van der Waals surface area contributed by atoms with Crippen LogP contribution in [0.4, 0.5) is 0 Å². The first-order valence-corrected chi connectivity index (χ1v) is 8.13. The molecule has 7 nitrogen and oxygen atoms in total. The summed E-state index contributed by atoms with van der Waals surface area (Å²) >= 11 is 0. The van der Waals surface area contributed by atoms with Crippen LogP contribution in [0.3, 0.4) is 0 Å². The normalized spacial score (nSPS) is 16.5. The van der Waals surface area contributed by atoms with Gasteiger partial charge in [0.15, 0.2) is 5.96 Å². The van der Waals surface area contributed by atoms with E-state index in [1.165, 1.54) is 0 Å². The molecule has 0 bridgehead atoms. The van der Waals surface area contributed by atoms with Crippen molar-refractivity contribution in [1.82, 2.24) is 20.7 Å². The Morgan fingerprint density at radius 2 is 2.04 bits per heavy atom. The average Bonchev–Trinajstić information content (AvgIpc) is 2.87. The Morgan fingerprint density at radius 3 is 2.57 bits per heavy atom. The number of nitrogens with zero attached hydrogens (tertiary/aromatic N) is 3. The third kappa shape index (κ3) is 4.71. The molecule has 0 aromatic carbocycles. The SMILES string of the molecule is CN=C(NCc1c(C)noc1C)NCC1CCN(C(C)=O)CC1. The van der Waals surface area contributed by atoms with Crippen molar-refractivity contribution in [3.8, 4) is 0 Å². The standard InChI is InChI=1S/C16H27N5O2/c1-11-15(12(2)23-20-11)10-19-16(17-4)18-9-14-5-7-21(8-6-14)13(3)22/h14H,5-10H2,1-4H3,(H2,17,18,19). The highest BCUT2D eigenvalue weighted by Gasteiger charge is 2.20. The van der Waals surface area contributed by atoms with Crippen LogP contribution in [0.5, 0.6) is 0 Å². The molecule has 0 unspecified atom stereocenters. The Morgan fingerprint density at radius 1 is 1.35 bits per heavy atom. The van der Waals surface area contributed by atoms with E-state index in [0.29, 0.717) is 12.5 Å². The van der Waals surface area contributed by atoms with E-state index in [0.717, 1.165) is 55.5 Å². The first kappa shape index (κ1) is 17.3. The summed E-state index contributed by atoms with van der Waals surface area (Å²) in [7, 11) is 1.76. The molecule has 0 atom stereocenters. The van der Waals surface area contributed by atoms with E-state index < -0.39 is 0 Å². The molecular formula is C16H27N5O2. The topological polar surface area (TPSA) is 82.8 Å². The van der Waals surface area contributed by atoms with Gasteiger partial charge in [-0.05, 0) is 32.6 Å². The fourth-order valence-corrected chi connectivity index (χ4v) is 2.84. The molecule has 1 aromatic heterocycles. The van der Waals surface area contributed by atoms with Crippen LogP contribution >= 0.6 is 0 Å². The number of rotatable bonds is 4. The smallest absolute Gasteiger partial charge is 0.219 e. The van der Waals surface area contributed by atoms with E-state index in [2.05, 4.69) is 20.8 Å². The fraction of sp³-hybridized carbons (Fsp3) is 0.688. The number of carbonyl (C=O) groups is 1. The van der Waals surface area contributed by atoms with Gasteiger partial charge in [-0.2, -0.15) is 0 Å². The molecule has 0 radical (unpaired) electrons. The summed E-state index contributed by atoms with van der Waals surface area (Å²) in [5.41, 5.74) is 1.98. The summed E-state index contributed by atoms with van der Waals surface area (Å²) in [6.45, 7) is 8.71. The van der Waals surface area contributed by atoms with E-state index in [9.17, 15) is 4.79 Å². The third-order valence-corrected chi connectivity index (χ3v) is 4.46. The molecule has 1 fully saturated rings. The highest BCUT2D eigenvalue weighted by Crippen LogP contribution is 2.16. The molecule has 1 saturated heterocycles. The lowest BCUT2D eigenvalue weighted by Crippen LogP contribution is -2.43. The maximum atomic E-state index is 11.3. The Balaban J connectivity index is 1.75. The van der Waals surface area contributed by atoms with Crippen molar-refractivity contribution in [3.63, 3.8) is 0 Å². The second-order valence-corrected chi connectivity index (χ2v) is 6.06. The van der Waals surface area contributed by atoms with Crippen molar-refractivity contribution in [3.05, 3.63) is 17.0 Å². The van der Waals surface area contributed by atoms with Gasteiger partial charge in [0.1, 0.15) is 5.76 Å². The molecule has 1 amide bonds. The van der Waals surface area contributed by atoms with Crippen LogP contribution in [0, 0.1) is 19.8 Å².